The predicted octanol–water partition coefficient (Wildman–Crippen LogP) is 1.64. The lowest BCUT2D eigenvalue weighted by Gasteiger charge is -2.27. The van der Waals surface area contributed by atoms with Crippen molar-refractivity contribution in [1.29, 1.82) is 0 Å². The highest BCUT2D eigenvalue weighted by molar-refractivity contribution is 6.21. The molecule has 0 atom stereocenters. The molecule has 4 rings (SSSR count). The Kier molecular flexibility index (Phi) is 8.33. The molecule has 2 aliphatic heterocycles. The molecule has 0 bridgehead atoms. The van der Waals surface area contributed by atoms with E-state index in [2.05, 4.69) is 0 Å². The van der Waals surface area contributed by atoms with Crippen molar-refractivity contribution in [3.63, 3.8) is 0 Å². The first-order valence-corrected chi connectivity index (χ1v) is 11.4. The number of hydrogen-bond acceptors (Lipinski definition) is 8. The van der Waals surface area contributed by atoms with Crippen LogP contribution in [0, 0.1) is 0 Å². The van der Waals surface area contributed by atoms with E-state index in [0.29, 0.717) is 86.7 Å². The molecule has 2 aliphatic rings. The average molecular weight is 483 g/mol. The van der Waals surface area contributed by atoms with Crippen molar-refractivity contribution in [2.45, 2.75) is 0 Å². The molecule has 0 saturated carbocycles. The lowest BCUT2D eigenvalue weighted by Crippen LogP contribution is -2.40. The molecule has 2 fully saturated rings. The van der Waals surface area contributed by atoms with Crippen LogP contribution in [0.25, 0.3) is 0 Å². The molecule has 2 aromatic rings. The van der Waals surface area contributed by atoms with E-state index >= 15 is 0 Å². The quantitative estimate of drug-likeness (QED) is 0.523. The molecule has 10 nitrogen and oxygen atoms in total. The Morgan fingerprint density at radius 2 is 1.09 bits per heavy atom. The van der Waals surface area contributed by atoms with E-state index in [1.165, 1.54) is 14.2 Å². The highest BCUT2D eigenvalue weighted by Crippen LogP contribution is 2.31. The van der Waals surface area contributed by atoms with Crippen LogP contribution in [0.15, 0.2) is 36.4 Å². The number of amides is 2. The van der Waals surface area contributed by atoms with Crippen LogP contribution in [-0.4, -0.2) is 96.1 Å². The molecule has 2 saturated heterocycles. The van der Waals surface area contributed by atoms with Gasteiger partial charge in [0.1, 0.15) is 11.5 Å². The number of rotatable bonds is 8. The summed E-state index contributed by atoms with van der Waals surface area (Å²) in [5, 5.41) is 0. The van der Waals surface area contributed by atoms with E-state index in [1.54, 1.807) is 46.2 Å². The number of nitrogens with zero attached hydrogens (tertiary/aromatic N) is 2. The normalized spacial score (nSPS) is 15.8. The number of ether oxygens (including phenoxy) is 4. The zero-order chi connectivity index (χ0) is 24.6. The van der Waals surface area contributed by atoms with E-state index in [1.807, 2.05) is 0 Å². The van der Waals surface area contributed by atoms with E-state index < -0.39 is 0 Å². The molecule has 2 heterocycles. The summed E-state index contributed by atoms with van der Waals surface area (Å²) < 4.78 is 32.7. The summed E-state index contributed by atoms with van der Waals surface area (Å²) in [5.74, 6) is 1.27. The fourth-order valence-corrected chi connectivity index (χ4v) is 3.83. The summed E-state index contributed by atoms with van der Waals surface area (Å²) in [6.45, 7) is 4.21. The van der Waals surface area contributed by atoms with E-state index in [9.17, 15) is 9.59 Å². The van der Waals surface area contributed by atoms with Gasteiger partial charge in [-0.3, -0.25) is 9.59 Å². The van der Waals surface area contributed by atoms with Crippen LogP contribution in [-0.2, 0) is 9.47 Å². The van der Waals surface area contributed by atoms with Gasteiger partial charge in [0.2, 0.25) is 0 Å². The smallest absolute Gasteiger partial charge is 0.524 e. The van der Waals surface area contributed by atoms with Crippen LogP contribution in [0.2, 0.25) is 0 Å². The van der Waals surface area contributed by atoms with E-state index in [-0.39, 0.29) is 11.8 Å². The van der Waals surface area contributed by atoms with Gasteiger partial charge in [-0.1, -0.05) is 0 Å². The molecule has 0 N–H and O–H groups in total. The molecule has 11 heteroatoms. The lowest BCUT2D eigenvalue weighted by molar-refractivity contribution is 0.0301. The van der Waals surface area contributed by atoms with Gasteiger partial charge in [-0.15, -0.1) is 0 Å². The van der Waals surface area contributed by atoms with Crippen molar-refractivity contribution in [3.8, 4) is 23.0 Å². The molecule has 0 unspecified atom stereocenters. The van der Waals surface area contributed by atoms with Crippen molar-refractivity contribution in [1.82, 2.24) is 9.80 Å². The highest BCUT2D eigenvalue weighted by atomic mass is 16.6. The average Bonchev–Trinajstić information content (AvgIpc) is 2.93. The Morgan fingerprint density at radius 3 is 1.46 bits per heavy atom. The monoisotopic (exact) mass is 483 g/mol. The van der Waals surface area contributed by atoms with Crippen LogP contribution in [0.4, 0.5) is 0 Å². The standard InChI is InChI=1S/C24H28BN2O8/c1-30-19-5-3-17(23(28)26-7-11-32-12-8-26)15-21(19)34-25-35-22-16-18(4-6-20(22)31-2)24(29)27-9-13-33-14-10-27/h3-6,15-16H,7-14H2,1-2H3. The highest BCUT2D eigenvalue weighted by Gasteiger charge is 2.22. The molecule has 2 aromatic carbocycles. The van der Waals surface area contributed by atoms with Gasteiger partial charge in [0.25, 0.3) is 11.8 Å². The molecule has 185 valence electrons. The second kappa shape index (κ2) is 11.8. The third kappa shape index (κ3) is 5.98. The maximum Gasteiger partial charge on any atom is 0.658 e. The fraction of sp³-hybridized carbons (Fsp3) is 0.417. The Balaban J connectivity index is 1.44. The van der Waals surface area contributed by atoms with Gasteiger partial charge in [-0.2, -0.15) is 0 Å². The number of hydrogen-bond donors (Lipinski definition) is 0. The molecule has 0 aliphatic carbocycles. The van der Waals surface area contributed by atoms with Crippen molar-refractivity contribution in [3.05, 3.63) is 47.5 Å². The van der Waals surface area contributed by atoms with E-state index in [4.69, 9.17) is 28.3 Å². The zero-order valence-electron chi connectivity index (χ0n) is 19.9. The van der Waals surface area contributed by atoms with Crippen LogP contribution in [0.5, 0.6) is 23.0 Å². The molecule has 0 spiro atoms. The van der Waals surface area contributed by atoms with Crippen molar-refractivity contribution in [2.24, 2.45) is 0 Å². The van der Waals surface area contributed by atoms with Gasteiger partial charge >= 0.3 is 7.69 Å². The third-order valence-corrected chi connectivity index (χ3v) is 5.77. The molecule has 35 heavy (non-hydrogen) atoms. The first kappa shape index (κ1) is 24.7. The summed E-state index contributed by atoms with van der Waals surface area (Å²) in [4.78, 5) is 29.1. The molecular weight excluding hydrogens is 455 g/mol. The van der Waals surface area contributed by atoms with Gasteiger partial charge < -0.3 is 38.1 Å². The summed E-state index contributed by atoms with van der Waals surface area (Å²) >= 11 is 0. The Labute approximate surface area is 204 Å². The van der Waals surface area contributed by atoms with Crippen LogP contribution >= 0.6 is 0 Å². The van der Waals surface area contributed by atoms with Gasteiger partial charge in [0.15, 0.2) is 11.5 Å². The number of carbonyl (C=O) groups excluding carboxylic acids is 2. The number of benzene rings is 2. The maximum atomic E-state index is 12.8. The number of carbonyl (C=O) groups is 2. The summed E-state index contributed by atoms with van der Waals surface area (Å²) in [6, 6.07) is 9.92. The fourth-order valence-electron chi connectivity index (χ4n) is 3.83. The maximum absolute atomic E-state index is 12.8. The summed E-state index contributed by atoms with van der Waals surface area (Å²) in [5.41, 5.74) is 0.929. The number of morpholine rings is 2. The minimum absolute atomic E-state index is 0.113. The topological polar surface area (TPSA) is 96.0 Å². The third-order valence-electron chi connectivity index (χ3n) is 5.77. The molecule has 0 aromatic heterocycles. The van der Waals surface area contributed by atoms with Crippen LogP contribution < -0.4 is 18.8 Å². The lowest BCUT2D eigenvalue weighted by atomic mass is 10.1. The van der Waals surface area contributed by atoms with Gasteiger partial charge in [0, 0.05) is 37.3 Å². The van der Waals surface area contributed by atoms with E-state index in [0.717, 1.165) is 7.69 Å². The minimum atomic E-state index is -0.113. The first-order chi connectivity index (χ1) is 17.1. The Hall–Kier alpha value is -3.44. The molecular formula is C24H28BN2O8. The van der Waals surface area contributed by atoms with Crippen molar-refractivity contribution in [2.75, 3.05) is 66.8 Å². The second-order valence-electron chi connectivity index (χ2n) is 7.87. The number of methoxy groups -OCH3 is 2. The van der Waals surface area contributed by atoms with Gasteiger partial charge in [0.05, 0.1) is 40.6 Å². The van der Waals surface area contributed by atoms with Gasteiger partial charge in [-0.05, 0) is 36.4 Å². The van der Waals surface area contributed by atoms with Crippen molar-refractivity contribution < 1.29 is 37.8 Å². The summed E-state index contributed by atoms with van der Waals surface area (Å²) in [6.07, 6.45) is 0. The van der Waals surface area contributed by atoms with Crippen molar-refractivity contribution >= 4 is 19.5 Å². The summed E-state index contributed by atoms with van der Waals surface area (Å²) in [7, 11) is 4.13. The van der Waals surface area contributed by atoms with Crippen LogP contribution in [0.1, 0.15) is 20.7 Å². The molecule has 2 amide bonds. The SMILES string of the molecule is COc1ccc(C(=O)N2CCOCC2)cc1O[B]Oc1cc(C(=O)N2CCOCC2)ccc1OC. The van der Waals surface area contributed by atoms with Gasteiger partial charge in [-0.25, -0.2) is 0 Å². The Bertz CT molecular complexity index is 957. The zero-order valence-corrected chi connectivity index (χ0v) is 19.9. The first-order valence-electron chi connectivity index (χ1n) is 11.4. The second-order valence-corrected chi connectivity index (χ2v) is 7.87. The molecule has 1 radical (unpaired) electrons. The minimum Gasteiger partial charge on any atom is -0.524 e. The predicted molar refractivity (Wildman–Crippen MR) is 126 cm³/mol. The largest absolute Gasteiger partial charge is 0.658 e. The van der Waals surface area contributed by atoms with Crippen LogP contribution in [0.3, 0.4) is 0 Å². The Morgan fingerprint density at radius 1 is 0.686 bits per heavy atom.